The number of methoxy groups -OCH3 is 1. The second-order valence-corrected chi connectivity index (χ2v) is 5.23. The van der Waals surface area contributed by atoms with Crippen LogP contribution in [-0.2, 0) is 4.79 Å². The lowest BCUT2D eigenvalue weighted by atomic mass is 10.1. The Hall–Kier alpha value is -3.37. The number of anilines is 1. The number of nitro groups is 1. The number of hydrogen-bond acceptors (Lipinski definition) is 5. The third kappa shape index (κ3) is 4.56. The molecule has 0 aliphatic heterocycles. The molecule has 0 bridgehead atoms. The first-order valence-corrected chi connectivity index (χ1v) is 7.33. The lowest BCUT2D eigenvalue weighted by molar-refractivity contribution is -0.384. The van der Waals surface area contributed by atoms with Crippen molar-refractivity contribution < 1.29 is 14.5 Å². The number of carbonyl (C=O) groups is 1. The first-order chi connectivity index (χ1) is 11.9. The Bertz CT molecular complexity index is 903. The van der Waals surface area contributed by atoms with E-state index in [1.54, 1.807) is 30.3 Å². The van der Waals surface area contributed by atoms with Gasteiger partial charge in [0.05, 0.1) is 12.0 Å². The highest BCUT2D eigenvalue weighted by Crippen LogP contribution is 2.25. The molecular weight excluding hydrogens is 346 g/mol. The number of halogens is 1. The van der Waals surface area contributed by atoms with Crippen molar-refractivity contribution in [2.75, 3.05) is 12.4 Å². The average Bonchev–Trinajstić information content (AvgIpc) is 2.60. The molecule has 0 saturated carbocycles. The Labute approximate surface area is 148 Å². The fourth-order valence-electron chi connectivity index (χ4n) is 1.96. The van der Waals surface area contributed by atoms with Gasteiger partial charge in [-0.25, -0.2) is 0 Å². The maximum Gasteiger partial charge on any atom is 0.270 e. The molecule has 0 unspecified atom stereocenters. The van der Waals surface area contributed by atoms with Crippen LogP contribution in [0.2, 0.25) is 5.02 Å². The summed E-state index contributed by atoms with van der Waals surface area (Å²) in [7, 11) is 1.49. The van der Waals surface area contributed by atoms with Crippen LogP contribution in [0.15, 0.2) is 48.0 Å². The van der Waals surface area contributed by atoms with Crippen LogP contribution in [0.4, 0.5) is 11.4 Å². The maximum absolute atomic E-state index is 12.3. The average molecular weight is 358 g/mol. The van der Waals surface area contributed by atoms with Crippen LogP contribution in [0.1, 0.15) is 5.56 Å². The normalized spacial score (nSPS) is 10.7. The topological polar surface area (TPSA) is 105 Å². The number of amides is 1. The number of non-ortho nitro benzene ring substituents is 1. The van der Waals surface area contributed by atoms with Gasteiger partial charge >= 0.3 is 0 Å². The maximum atomic E-state index is 12.3. The smallest absolute Gasteiger partial charge is 0.270 e. The van der Waals surface area contributed by atoms with E-state index in [0.29, 0.717) is 11.4 Å². The monoisotopic (exact) mass is 357 g/mol. The van der Waals surface area contributed by atoms with Crippen molar-refractivity contribution in [3.05, 3.63) is 68.7 Å². The first kappa shape index (κ1) is 18.0. The first-order valence-electron chi connectivity index (χ1n) is 6.95. The molecule has 0 atom stereocenters. The molecule has 1 amide bonds. The molecule has 0 aliphatic rings. The molecule has 8 heteroatoms. The molecule has 0 radical (unpaired) electrons. The van der Waals surface area contributed by atoms with E-state index in [1.165, 1.54) is 31.4 Å². The van der Waals surface area contributed by atoms with E-state index in [-0.39, 0.29) is 21.8 Å². The molecule has 2 rings (SSSR count). The highest BCUT2D eigenvalue weighted by Gasteiger charge is 2.13. The van der Waals surface area contributed by atoms with Crippen LogP contribution in [0.5, 0.6) is 5.75 Å². The molecule has 7 nitrogen and oxygen atoms in total. The molecule has 2 aromatic rings. The van der Waals surface area contributed by atoms with Crippen LogP contribution in [0.3, 0.4) is 0 Å². The van der Waals surface area contributed by atoms with Crippen LogP contribution in [0, 0.1) is 21.4 Å². The van der Waals surface area contributed by atoms with E-state index in [0.717, 1.165) is 0 Å². The molecule has 0 spiro atoms. The second kappa shape index (κ2) is 7.95. The summed E-state index contributed by atoms with van der Waals surface area (Å²) in [5.74, 6) is -0.125. The van der Waals surface area contributed by atoms with Crippen molar-refractivity contribution in [3.8, 4) is 11.8 Å². The zero-order valence-corrected chi connectivity index (χ0v) is 13.8. The van der Waals surface area contributed by atoms with Gasteiger partial charge < -0.3 is 10.1 Å². The molecule has 0 saturated heterocycles. The lowest BCUT2D eigenvalue weighted by Gasteiger charge is -2.06. The van der Waals surface area contributed by atoms with Gasteiger partial charge in [0.15, 0.2) is 0 Å². The molecule has 0 aliphatic carbocycles. The summed E-state index contributed by atoms with van der Waals surface area (Å²) in [6.07, 6.45) is 1.20. The number of ether oxygens (including phenoxy) is 1. The summed E-state index contributed by atoms with van der Waals surface area (Å²) in [5, 5.41) is 22.8. The lowest BCUT2D eigenvalue weighted by Crippen LogP contribution is -2.13. The predicted octanol–water partition coefficient (Wildman–Crippen LogP) is 3.80. The van der Waals surface area contributed by atoms with Crippen molar-refractivity contribution in [1.82, 2.24) is 0 Å². The van der Waals surface area contributed by atoms with E-state index in [4.69, 9.17) is 16.3 Å². The Morgan fingerprint density at radius 3 is 2.76 bits per heavy atom. The number of nitrogens with one attached hydrogen (secondary N) is 1. The van der Waals surface area contributed by atoms with Crippen LogP contribution < -0.4 is 10.1 Å². The minimum absolute atomic E-state index is 0.188. The summed E-state index contributed by atoms with van der Waals surface area (Å²) in [4.78, 5) is 22.5. The Morgan fingerprint density at radius 1 is 1.36 bits per heavy atom. The quantitative estimate of drug-likeness (QED) is 0.379. The molecule has 0 heterocycles. The largest absolute Gasteiger partial charge is 0.497 e. The van der Waals surface area contributed by atoms with Crippen LogP contribution in [-0.4, -0.2) is 17.9 Å². The third-order valence-electron chi connectivity index (χ3n) is 3.18. The van der Waals surface area contributed by atoms with Crippen molar-refractivity contribution >= 4 is 35.0 Å². The minimum atomic E-state index is -0.668. The molecule has 2 aromatic carbocycles. The molecule has 25 heavy (non-hydrogen) atoms. The molecule has 0 aromatic heterocycles. The molecular formula is C17H12ClN3O4. The third-order valence-corrected chi connectivity index (χ3v) is 3.53. The van der Waals surface area contributed by atoms with Crippen molar-refractivity contribution in [1.29, 1.82) is 5.26 Å². The standard InChI is InChI=1S/C17H12ClN3O4/c1-25-15-4-2-3-13(9-15)20-17(22)12(10-19)7-11-8-14(21(23)24)5-6-16(11)18/h2-9H,1H3,(H,20,22)/b12-7-. The van der Waals surface area contributed by atoms with Gasteiger partial charge in [-0.15, -0.1) is 0 Å². The van der Waals surface area contributed by atoms with Crippen molar-refractivity contribution in [2.24, 2.45) is 0 Å². The Balaban J connectivity index is 2.31. The van der Waals surface area contributed by atoms with Crippen LogP contribution in [0.25, 0.3) is 6.08 Å². The number of carbonyl (C=O) groups excluding carboxylic acids is 1. The van der Waals surface area contributed by atoms with Gasteiger partial charge in [-0.1, -0.05) is 17.7 Å². The minimum Gasteiger partial charge on any atom is -0.497 e. The fourth-order valence-corrected chi connectivity index (χ4v) is 2.13. The highest BCUT2D eigenvalue weighted by atomic mass is 35.5. The predicted molar refractivity (Wildman–Crippen MR) is 93.3 cm³/mol. The van der Waals surface area contributed by atoms with Gasteiger partial charge in [0, 0.05) is 34.5 Å². The van der Waals surface area contributed by atoms with Crippen LogP contribution >= 0.6 is 11.6 Å². The van der Waals surface area contributed by atoms with Gasteiger partial charge in [0.2, 0.25) is 0 Å². The highest BCUT2D eigenvalue weighted by molar-refractivity contribution is 6.32. The summed E-state index contributed by atoms with van der Waals surface area (Å²) >= 11 is 5.98. The summed E-state index contributed by atoms with van der Waals surface area (Å²) in [5.41, 5.74) is 0.204. The Kier molecular flexibility index (Phi) is 5.71. The van der Waals surface area contributed by atoms with Gasteiger partial charge in [0.1, 0.15) is 17.4 Å². The number of rotatable bonds is 5. The summed E-state index contributed by atoms with van der Waals surface area (Å²) in [6.45, 7) is 0. The molecule has 1 N–H and O–H groups in total. The number of nitrogens with zero attached hydrogens (tertiary/aromatic N) is 2. The number of hydrogen-bond donors (Lipinski definition) is 1. The van der Waals surface area contributed by atoms with Gasteiger partial charge in [0.25, 0.3) is 11.6 Å². The molecule has 126 valence electrons. The fraction of sp³-hybridized carbons (Fsp3) is 0.0588. The van der Waals surface area contributed by atoms with E-state index in [2.05, 4.69) is 5.32 Å². The van der Waals surface area contributed by atoms with E-state index in [1.807, 2.05) is 0 Å². The van der Waals surface area contributed by atoms with E-state index < -0.39 is 10.8 Å². The van der Waals surface area contributed by atoms with E-state index in [9.17, 15) is 20.2 Å². The zero-order valence-electron chi connectivity index (χ0n) is 13.0. The summed E-state index contributed by atoms with van der Waals surface area (Å²) in [6, 6.07) is 12.1. The summed E-state index contributed by atoms with van der Waals surface area (Å²) < 4.78 is 5.06. The van der Waals surface area contributed by atoms with Gasteiger partial charge in [-0.2, -0.15) is 5.26 Å². The van der Waals surface area contributed by atoms with Gasteiger partial charge in [-0.05, 0) is 24.3 Å². The zero-order chi connectivity index (χ0) is 18.4. The molecule has 0 fully saturated rings. The number of nitro benzene ring substituents is 1. The van der Waals surface area contributed by atoms with Gasteiger partial charge in [-0.3, -0.25) is 14.9 Å². The van der Waals surface area contributed by atoms with Crippen molar-refractivity contribution in [2.45, 2.75) is 0 Å². The number of nitriles is 1. The SMILES string of the molecule is COc1cccc(NC(=O)/C(C#N)=C\c2cc([N+](=O)[O-])ccc2Cl)c1. The second-order valence-electron chi connectivity index (χ2n) is 4.82. The number of benzene rings is 2. The van der Waals surface area contributed by atoms with Crippen molar-refractivity contribution in [3.63, 3.8) is 0 Å². The van der Waals surface area contributed by atoms with E-state index >= 15 is 0 Å². The Morgan fingerprint density at radius 2 is 2.12 bits per heavy atom.